The molecule has 0 saturated heterocycles. The van der Waals surface area contributed by atoms with Crippen LogP contribution in [-0.4, -0.2) is 57.1 Å². The van der Waals surface area contributed by atoms with Crippen LogP contribution in [0.3, 0.4) is 0 Å². The SMILES string of the molecule is CC(C)(C)C(F)([AsH2])C(F)(F)C(F)(F)C(F)(F)C(F)(F)C(F)(F)C(F)(F)F. The molecule has 0 fully saturated rings. The van der Waals surface area contributed by atoms with E-state index in [-0.39, 0.29) is 0 Å². The second kappa shape index (κ2) is 6.04. The van der Waals surface area contributed by atoms with E-state index in [1.165, 1.54) is 0 Å². The number of alkyl halides is 14. The Labute approximate surface area is 145 Å². The predicted octanol–water partition coefficient (Wildman–Crippen LogP) is 5.07. The van der Waals surface area contributed by atoms with Gasteiger partial charge < -0.3 is 0 Å². The fraction of sp³-hybridized carbons (Fsp3) is 1.00. The average molecular weight is 484 g/mol. The predicted molar refractivity (Wildman–Crippen MR) is 62.6 cm³/mol. The van der Waals surface area contributed by atoms with Crippen molar-refractivity contribution in [2.24, 2.45) is 5.41 Å². The maximum atomic E-state index is 14.1. The van der Waals surface area contributed by atoms with Gasteiger partial charge in [-0.3, -0.25) is 0 Å². The summed E-state index contributed by atoms with van der Waals surface area (Å²) in [6, 6.07) is 0. The van der Waals surface area contributed by atoms with Crippen LogP contribution in [0.15, 0.2) is 0 Å². The molecule has 0 radical (unpaired) electrons. The van der Waals surface area contributed by atoms with Crippen molar-refractivity contribution in [1.82, 2.24) is 0 Å². The summed E-state index contributed by atoms with van der Waals surface area (Å²) < 4.78 is 178. The molecule has 158 valence electrons. The summed E-state index contributed by atoms with van der Waals surface area (Å²) in [4.78, 5) is 0. The molecule has 0 aliphatic carbocycles. The Morgan fingerprint density at radius 3 is 0.885 bits per heavy atom. The van der Waals surface area contributed by atoms with Gasteiger partial charge in [0, 0.05) is 0 Å². The number of halogens is 14. The van der Waals surface area contributed by atoms with E-state index >= 15 is 0 Å². The monoisotopic (exact) mass is 484 g/mol. The van der Waals surface area contributed by atoms with Gasteiger partial charge in [-0.25, -0.2) is 0 Å². The van der Waals surface area contributed by atoms with E-state index in [0.29, 0.717) is 20.8 Å². The Morgan fingerprint density at radius 1 is 0.423 bits per heavy atom. The molecule has 0 aromatic rings. The van der Waals surface area contributed by atoms with E-state index in [1.54, 1.807) is 0 Å². The van der Waals surface area contributed by atoms with E-state index in [1.807, 2.05) is 0 Å². The zero-order valence-electron chi connectivity index (χ0n) is 12.9. The van der Waals surface area contributed by atoms with Gasteiger partial charge in [-0.2, -0.15) is 0 Å². The van der Waals surface area contributed by atoms with Crippen molar-refractivity contribution in [3.63, 3.8) is 0 Å². The topological polar surface area (TPSA) is 0 Å². The molecule has 0 N–H and O–H groups in total. The van der Waals surface area contributed by atoms with Gasteiger partial charge in [0.1, 0.15) is 0 Å². The molecular formula is C11H11AsF14. The normalized spacial score (nSPS) is 18.7. The molecule has 0 nitrogen and oxygen atoms in total. The average Bonchev–Trinajstić information content (AvgIpc) is 2.34. The zero-order valence-corrected chi connectivity index (χ0v) is 15.3. The molecule has 15 heteroatoms. The van der Waals surface area contributed by atoms with Crippen LogP contribution in [0.1, 0.15) is 20.8 Å². The van der Waals surface area contributed by atoms with Crippen molar-refractivity contribution in [1.29, 1.82) is 0 Å². The standard InChI is InChI=1S/C11H11AsF14/c1-4(2,3)5(12,13)6(14,15)7(16,17)8(18,19)9(20,21)10(22,23)11(24,25)26/h12H2,1-3H3. The van der Waals surface area contributed by atoms with Crippen LogP contribution in [0, 0.1) is 5.41 Å². The van der Waals surface area contributed by atoms with E-state index in [2.05, 4.69) is 0 Å². The Morgan fingerprint density at radius 2 is 0.654 bits per heavy atom. The molecule has 0 aromatic carbocycles. The van der Waals surface area contributed by atoms with Crippen molar-refractivity contribution in [3.8, 4) is 0 Å². The van der Waals surface area contributed by atoms with Crippen LogP contribution < -0.4 is 0 Å². The van der Waals surface area contributed by atoms with Gasteiger partial charge in [-0.1, -0.05) is 0 Å². The summed E-state index contributed by atoms with van der Waals surface area (Å²) in [6.07, 6.45) is -7.49. The minimum atomic E-state index is -8.02. The number of hydrogen-bond donors (Lipinski definition) is 0. The second-order valence-corrected chi connectivity index (χ2v) is 8.00. The molecule has 26 heavy (non-hydrogen) atoms. The van der Waals surface area contributed by atoms with Crippen molar-refractivity contribution in [2.75, 3.05) is 0 Å². The molecule has 0 spiro atoms. The molecule has 2 atom stereocenters. The number of hydrogen-bond acceptors (Lipinski definition) is 0. The molecule has 2 unspecified atom stereocenters. The summed E-state index contributed by atoms with van der Waals surface area (Å²) in [5, 5.41) is 0. The van der Waals surface area contributed by atoms with Gasteiger partial charge in [0.15, 0.2) is 0 Å². The zero-order chi connectivity index (χ0) is 22.0. The first-order chi connectivity index (χ1) is 10.8. The fourth-order valence-corrected chi connectivity index (χ4v) is 1.85. The molecule has 0 aromatic heterocycles. The fourth-order valence-electron chi connectivity index (χ4n) is 1.47. The molecule has 0 aliphatic heterocycles. The van der Waals surface area contributed by atoms with Crippen LogP contribution in [0.2, 0.25) is 0 Å². The van der Waals surface area contributed by atoms with Crippen LogP contribution in [0.25, 0.3) is 0 Å². The third kappa shape index (κ3) is 3.07. The molecule has 0 amide bonds. The van der Waals surface area contributed by atoms with E-state index in [9.17, 15) is 61.5 Å². The van der Waals surface area contributed by atoms with Crippen molar-refractivity contribution >= 4 is 16.9 Å². The molecule has 0 bridgehead atoms. The maximum absolute atomic E-state index is 14.1. The first-order valence-corrected chi connectivity index (χ1v) is 7.40. The van der Waals surface area contributed by atoms with Gasteiger partial charge in [0.05, 0.1) is 0 Å². The summed E-state index contributed by atoms with van der Waals surface area (Å²) in [5.74, 6) is -38.2. The van der Waals surface area contributed by atoms with Crippen LogP contribution in [0.4, 0.5) is 61.5 Å². The van der Waals surface area contributed by atoms with Crippen molar-refractivity contribution in [2.45, 2.75) is 61.0 Å². The van der Waals surface area contributed by atoms with E-state index in [4.69, 9.17) is 0 Å². The number of rotatable bonds is 5. The summed E-state index contributed by atoms with van der Waals surface area (Å²) in [6.45, 7) is 1.41. The Hall–Kier alpha value is -0.422. The Bertz CT molecular complexity index is 476. The molecule has 0 rings (SSSR count). The summed E-state index contributed by atoms with van der Waals surface area (Å²) in [5.41, 5.74) is -2.61. The first-order valence-electron chi connectivity index (χ1n) is 6.18. The Balaban J connectivity index is 6.61. The van der Waals surface area contributed by atoms with Gasteiger partial charge in [-0.15, -0.1) is 0 Å². The van der Waals surface area contributed by atoms with Gasteiger partial charge in [0.25, 0.3) is 0 Å². The summed E-state index contributed by atoms with van der Waals surface area (Å²) >= 11 is -0.982. The quantitative estimate of drug-likeness (QED) is 0.378. The first kappa shape index (κ1) is 25.6. The third-order valence-electron chi connectivity index (χ3n) is 3.48. The van der Waals surface area contributed by atoms with Crippen molar-refractivity contribution in [3.05, 3.63) is 0 Å². The Kier molecular flexibility index (Phi) is 5.94. The molecule has 0 heterocycles. The van der Waals surface area contributed by atoms with E-state index in [0.717, 1.165) is 0 Å². The van der Waals surface area contributed by atoms with Crippen LogP contribution in [0.5, 0.6) is 0 Å². The molecule has 0 saturated carbocycles. The molecule has 0 aliphatic rings. The van der Waals surface area contributed by atoms with E-state index < -0.39 is 62.5 Å². The van der Waals surface area contributed by atoms with Crippen LogP contribution in [-0.2, 0) is 0 Å². The van der Waals surface area contributed by atoms with Gasteiger partial charge in [-0.05, 0) is 0 Å². The third-order valence-corrected chi connectivity index (χ3v) is 6.06. The second-order valence-electron chi connectivity index (χ2n) is 6.33. The van der Waals surface area contributed by atoms with Gasteiger partial charge >= 0.3 is 145 Å². The van der Waals surface area contributed by atoms with Gasteiger partial charge in [0.2, 0.25) is 0 Å². The molecular weight excluding hydrogens is 473 g/mol. The van der Waals surface area contributed by atoms with Crippen LogP contribution >= 0.6 is 0 Å². The summed E-state index contributed by atoms with van der Waals surface area (Å²) in [7, 11) is 0. The minimum absolute atomic E-state index is 0.472. The van der Waals surface area contributed by atoms with Crippen molar-refractivity contribution < 1.29 is 61.5 Å².